The second-order valence-electron chi connectivity index (χ2n) is 4.98. The highest BCUT2D eigenvalue weighted by Gasteiger charge is 2.36. The molecule has 0 aromatic heterocycles. The smallest absolute Gasteiger partial charge is 0.149 e. The zero-order valence-electron chi connectivity index (χ0n) is 11.0. The molecule has 0 radical (unpaired) electrons. The quantitative estimate of drug-likeness (QED) is 0.719. The highest BCUT2D eigenvalue weighted by Crippen LogP contribution is 2.21. The van der Waals surface area contributed by atoms with E-state index < -0.39 is 12.2 Å². The van der Waals surface area contributed by atoms with Crippen LogP contribution in [-0.2, 0) is 0 Å². The second kappa shape index (κ2) is 6.34. The lowest BCUT2D eigenvalue weighted by Gasteiger charge is -2.41. The van der Waals surface area contributed by atoms with Gasteiger partial charge in [0.05, 0.1) is 12.2 Å². The van der Waals surface area contributed by atoms with Crippen LogP contribution in [0.25, 0.3) is 0 Å². The van der Waals surface area contributed by atoms with E-state index in [0.29, 0.717) is 13.1 Å². The Hall–Kier alpha value is -1.14. The van der Waals surface area contributed by atoms with Crippen molar-refractivity contribution >= 4 is 0 Å². The van der Waals surface area contributed by atoms with E-state index in [2.05, 4.69) is 0 Å². The number of hydrogen-bond donors (Lipinski definition) is 3. The third-order valence-electron chi connectivity index (χ3n) is 3.57. The van der Waals surface area contributed by atoms with Crippen LogP contribution in [0.4, 0.5) is 0 Å². The Morgan fingerprint density at radius 2 is 1.95 bits per heavy atom. The minimum Gasteiger partial charge on any atom is -0.475 e. The molecule has 19 heavy (non-hydrogen) atoms. The number of aliphatic hydroxyl groups excluding tert-OH is 3. The molecule has 1 aliphatic heterocycles. The Labute approximate surface area is 113 Å². The van der Waals surface area contributed by atoms with E-state index in [1.165, 1.54) is 0 Å². The van der Waals surface area contributed by atoms with E-state index in [4.69, 9.17) is 4.74 Å². The van der Waals surface area contributed by atoms with Gasteiger partial charge in [-0.2, -0.15) is 0 Å². The number of hydrogen-bond acceptors (Lipinski definition) is 5. The van der Waals surface area contributed by atoms with Crippen molar-refractivity contribution in [1.82, 2.24) is 4.90 Å². The van der Waals surface area contributed by atoms with Gasteiger partial charge in [0.15, 0.2) is 0 Å². The molecule has 5 heteroatoms. The van der Waals surface area contributed by atoms with E-state index in [1.807, 2.05) is 42.2 Å². The van der Waals surface area contributed by atoms with Gasteiger partial charge in [-0.15, -0.1) is 0 Å². The van der Waals surface area contributed by atoms with Gasteiger partial charge in [-0.3, -0.25) is 4.90 Å². The first-order valence-electron chi connectivity index (χ1n) is 6.54. The van der Waals surface area contributed by atoms with E-state index in [-0.39, 0.29) is 18.8 Å². The largest absolute Gasteiger partial charge is 0.475 e. The average Bonchev–Trinajstić information content (AvgIpc) is 2.42. The van der Waals surface area contributed by atoms with Crippen LogP contribution in [0.15, 0.2) is 30.3 Å². The van der Waals surface area contributed by atoms with Gasteiger partial charge in [0.25, 0.3) is 0 Å². The van der Waals surface area contributed by atoms with Crippen molar-refractivity contribution < 1.29 is 20.1 Å². The van der Waals surface area contributed by atoms with Crippen LogP contribution >= 0.6 is 0 Å². The lowest BCUT2D eigenvalue weighted by atomic mass is 9.93. The lowest BCUT2D eigenvalue weighted by molar-refractivity contribution is -0.116. The van der Waals surface area contributed by atoms with Gasteiger partial charge >= 0.3 is 0 Å². The standard InChI is InChI=1S/C14H21NO4/c1-10(19-12-5-3-2-4-6-12)15-7-11(9-16)14(18)13(17)8-15/h2-6,10-11,13-14,16-18H,7-9H2,1H3/t10?,11-,13-,14-/m1/s1. The molecule has 3 N–H and O–H groups in total. The van der Waals surface area contributed by atoms with E-state index >= 15 is 0 Å². The summed E-state index contributed by atoms with van der Waals surface area (Å²) in [6, 6.07) is 9.45. The molecule has 2 rings (SSSR count). The first-order valence-corrected chi connectivity index (χ1v) is 6.54. The maximum Gasteiger partial charge on any atom is 0.149 e. The van der Waals surface area contributed by atoms with Crippen molar-refractivity contribution in [2.75, 3.05) is 19.7 Å². The third-order valence-corrected chi connectivity index (χ3v) is 3.57. The van der Waals surface area contributed by atoms with Crippen molar-refractivity contribution in [2.24, 2.45) is 5.92 Å². The van der Waals surface area contributed by atoms with Gasteiger partial charge in [-0.05, 0) is 19.1 Å². The van der Waals surface area contributed by atoms with Gasteiger partial charge in [-0.25, -0.2) is 0 Å². The Morgan fingerprint density at radius 1 is 1.26 bits per heavy atom. The molecule has 1 unspecified atom stereocenters. The fourth-order valence-electron chi connectivity index (χ4n) is 2.38. The molecule has 0 spiro atoms. The highest BCUT2D eigenvalue weighted by atomic mass is 16.5. The number of benzene rings is 1. The van der Waals surface area contributed by atoms with Gasteiger partial charge in [-0.1, -0.05) is 18.2 Å². The molecular formula is C14H21NO4. The molecule has 0 amide bonds. The molecule has 106 valence electrons. The molecule has 1 heterocycles. The Morgan fingerprint density at radius 3 is 2.58 bits per heavy atom. The molecule has 0 saturated carbocycles. The van der Waals surface area contributed by atoms with Gasteiger partial charge < -0.3 is 20.1 Å². The fraction of sp³-hybridized carbons (Fsp3) is 0.571. The Kier molecular flexibility index (Phi) is 4.76. The van der Waals surface area contributed by atoms with Crippen LogP contribution in [0.5, 0.6) is 5.75 Å². The molecule has 5 nitrogen and oxygen atoms in total. The summed E-state index contributed by atoms with van der Waals surface area (Å²) in [7, 11) is 0. The number of nitrogens with zero attached hydrogens (tertiary/aromatic N) is 1. The summed E-state index contributed by atoms with van der Waals surface area (Å²) in [4.78, 5) is 1.92. The fourth-order valence-corrected chi connectivity index (χ4v) is 2.38. The van der Waals surface area contributed by atoms with E-state index in [1.54, 1.807) is 0 Å². The summed E-state index contributed by atoms with van der Waals surface area (Å²) in [6.07, 6.45) is -1.95. The summed E-state index contributed by atoms with van der Waals surface area (Å²) in [6.45, 7) is 2.59. The highest BCUT2D eigenvalue weighted by molar-refractivity contribution is 5.21. The van der Waals surface area contributed by atoms with Crippen LogP contribution in [0.2, 0.25) is 0 Å². The second-order valence-corrected chi connectivity index (χ2v) is 4.98. The molecule has 1 aromatic carbocycles. The molecule has 1 aromatic rings. The van der Waals surface area contributed by atoms with Gasteiger partial charge in [0.2, 0.25) is 0 Å². The summed E-state index contributed by atoms with van der Waals surface area (Å²) in [5, 5.41) is 28.8. The number of rotatable bonds is 4. The molecule has 1 fully saturated rings. The minimum absolute atomic E-state index is 0.146. The maximum absolute atomic E-state index is 9.81. The number of aliphatic hydroxyl groups is 3. The van der Waals surface area contributed by atoms with Crippen molar-refractivity contribution in [3.05, 3.63) is 30.3 Å². The number of β-amino-alcohol motifs (C(OH)–C–C–N with tert-alkyl or cyclic N) is 1. The summed E-state index contributed by atoms with van der Waals surface area (Å²) >= 11 is 0. The summed E-state index contributed by atoms with van der Waals surface area (Å²) in [5.41, 5.74) is 0. The molecule has 1 aliphatic rings. The number of para-hydroxylation sites is 1. The number of likely N-dealkylation sites (tertiary alicyclic amines) is 1. The van der Waals surface area contributed by atoms with Crippen molar-refractivity contribution in [1.29, 1.82) is 0 Å². The Balaban J connectivity index is 1.97. The Bertz CT molecular complexity index is 386. The van der Waals surface area contributed by atoms with Crippen LogP contribution in [-0.4, -0.2) is 58.4 Å². The predicted octanol–water partition coefficient (Wildman–Crippen LogP) is 0.0573. The average molecular weight is 267 g/mol. The molecular weight excluding hydrogens is 246 g/mol. The van der Waals surface area contributed by atoms with Crippen LogP contribution < -0.4 is 4.74 Å². The normalized spacial score (nSPS) is 30.0. The molecule has 0 bridgehead atoms. The van der Waals surface area contributed by atoms with Crippen LogP contribution in [0.1, 0.15) is 6.92 Å². The maximum atomic E-state index is 9.81. The predicted molar refractivity (Wildman–Crippen MR) is 70.7 cm³/mol. The molecule has 0 aliphatic carbocycles. The van der Waals surface area contributed by atoms with Crippen molar-refractivity contribution in [3.63, 3.8) is 0 Å². The van der Waals surface area contributed by atoms with Crippen molar-refractivity contribution in [2.45, 2.75) is 25.4 Å². The topological polar surface area (TPSA) is 73.2 Å². The molecule has 4 atom stereocenters. The summed E-state index contributed by atoms with van der Waals surface area (Å²) < 4.78 is 5.78. The number of piperidine rings is 1. The van der Waals surface area contributed by atoms with Gasteiger partial charge in [0.1, 0.15) is 12.0 Å². The van der Waals surface area contributed by atoms with E-state index in [9.17, 15) is 15.3 Å². The molecule has 1 saturated heterocycles. The SMILES string of the molecule is CC(Oc1ccccc1)N1C[C@H](CO)[C@@H](O)[C@H](O)C1. The monoisotopic (exact) mass is 267 g/mol. The van der Waals surface area contributed by atoms with Crippen LogP contribution in [0, 0.1) is 5.92 Å². The first-order chi connectivity index (χ1) is 9.11. The van der Waals surface area contributed by atoms with E-state index in [0.717, 1.165) is 5.75 Å². The zero-order valence-corrected chi connectivity index (χ0v) is 11.0. The minimum atomic E-state index is -0.870. The third kappa shape index (κ3) is 3.45. The number of ether oxygens (including phenoxy) is 1. The first kappa shape index (κ1) is 14.3. The lowest BCUT2D eigenvalue weighted by Crippen LogP contribution is -2.56. The zero-order chi connectivity index (χ0) is 13.8. The van der Waals surface area contributed by atoms with Crippen LogP contribution in [0.3, 0.4) is 0 Å². The summed E-state index contributed by atoms with van der Waals surface area (Å²) in [5.74, 6) is 0.418. The van der Waals surface area contributed by atoms with Gasteiger partial charge in [0, 0.05) is 25.6 Å². The van der Waals surface area contributed by atoms with Crippen molar-refractivity contribution in [3.8, 4) is 5.75 Å².